The van der Waals surface area contributed by atoms with Crippen LogP contribution in [0.2, 0.25) is 5.02 Å². The molecule has 0 radical (unpaired) electrons. The Morgan fingerprint density at radius 1 is 0.909 bits per heavy atom. The molecular weight excluding hydrogens is 444 g/mol. The quantitative estimate of drug-likeness (QED) is 0.289. The SMILES string of the molecule is Cc1ccc(NC(=O)C(=O)NCc2ccc(/C=C(/C#N)C(=O)Nc3ccc(Cl)cc3)o2)cc1. The van der Waals surface area contributed by atoms with E-state index >= 15 is 0 Å². The van der Waals surface area contributed by atoms with Crippen LogP contribution in [0.4, 0.5) is 11.4 Å². The monoisotopic (exact) mass is 462 g/mol. The molecular formula is C24H19ClN4O4. The summed E-state index contributed by atoms with van der Waals surface area (Å²) in [5.74, 6) is -1.67. The van der Waals surface area contributed by atoms with Crippen LogP contribution in [-0.2, 0) is 20.9 Å². The van der Waals surface area contributed by atoms with Gasteiger partial charge in [0.25, 0.3) is 5.91 Å². The zero-order chi connectivity index (χ0) is 23.8. The number of halogens is 1. The summed E-state index contributed by atoms with van der Waals surface area (Å²) in [6.07, 6.45) is 1.28. The van der Waals surface area contributed by atoms with Gasteiger partial charge in [-0.1, -0.05) is 29.3 Å². The second kappa shape index (κ2) is 10.8. The van der Waals surface area contributed by atoms with Crippen LogP contribution in [0.5, 0.6) is 0 Å². The Hall–Kier alpha value is -4.35. The molecule has 2 aromatic carbocycles. The van der Waals surface area contributed by atoms with Crippen LogP contribution in [0, 0.1) is 18.3 Å². The maximum atomic E-state index is 12.3. The third kappa shape index (κ3) is 6.82. The van der Waals surface area contributed by atoms with Crippen molar-refractivity contribution in [1.29, 1.82) is 5.26 Å². The number of hydrogen-bond acceptors (Lipinski definition) is 5. The van der Waals surface area contributed by atoms with Crippen LogP contribution in [0.1, 0.15) is 17.1 Å². The number of nitrogens with zero attached hydrogens (tertiary/aromatic N) is 1. The van der Waals surface area contributed by atoms with Gasteiger partial charge in [0.2, 0.25) is 0 Å². The number of anilines is 2. The van der Waals surface area contributed by atoms with Crippen LogP contribution in [-0.4, -0.2) is 17.7 Å². The fraction of sp³-hybridized carbons (Fsp3) is 0.0833. The highest BCUT2D eigenvalue weighted by Gasteiger charge is 2.15. The summed E-state index contributed by atoms with van der Waals surface area (Å²) in [6, 6.07) is 18.4. The first kappa shape index (κ1) is 23.3. The lowest BCUT2D eigenvalue weighted by Gasteiger charge is -2.06. The van der Waals surface area contributed by atoms with Crippen molar-refractivity contribution in [3.05, 3.63) is 88.3 Å². The lowest BCUT2D eigenvalue weighted by Crippen LogP contribution is -2.34. The average molecular weight is 463 g/mol. The maximum Gasteiger partial charge on any atom is 0.313 e. The smallest absolute Gasteiger partial charge is 0.313 e. The van der Waals surface area contributed by atoms with E-state index in [2.05, 4.69) is 16.0 Å². The summed E-state index contributed by atoms with van der Waals surface area (Å²) in [4.78, 5) is 36.3. The molecule has 3 amide bonds. The number of hydrogen-bond donors (Lipinski definition) is 3. The largest absolute Gasteiger partial charge is 0.460 e. The van der Waals surface area contributed by atoms with Crippen molar-refractivity contribution >= 4 is 46.8 Å². The van der Waals surface area contributed by atoms with Crippen LogP contribution < -0.4 is 16.0 Å². The van der Waals surface area contributed by atoms with E-state index in [0.717, 1.165) is 5.56 Å². The molecule has 8 nitrogen and oxygen atoms in total. The molecule has 0 atom stereocenters. The van der Waals surface area contributed by atoms with Gasteiger partial charge < -0.3 is 20.4 Å². The number of amides is 3. The molecule has 0 unspecified atom stereocenters. The zero-order valence-electron chi connectivity index (χ0n) is 17.5. The van der Waals surface area contributed by atoms with E-state index in [-0.39, 0.29) is 17.9 Å². The highest BCUT2D eigenvalue weighted by Crippen LogP contribution is 2.16. The van der Waals surface area contributed by atoms with Gasteiger partial charge in [0.15, 0.2) is 0 Å². The Balaban J connectivity index is 1.56. The normalized spacial score (nSPS) is 10.8. The standard InChI is InChI=1S/C24H19ClN4O4/c1-15-2-6-18(7-3-15)29-24(32)23(31)27-14-21-11-10-20(33-21)12-16(13-26)22(30)28-19-8-4-17(25)5-9-19/h2-12H,14H2,1H3,(H,27,31)(H,28,30)(H,29,32)/b16-12-. The Kier molecular flexibility index (Phi) is 7.63. The Bertz CT molecular complexity index is 1240. The summed E-state index contributed by atoms with van der Waals surface area (Å²) < 4.78 is 5.52. The lowest BCUT2D eigenvalue weighted by atomic mass is 10.2. The molecule has 0 aliphatic carbocycles. The number of carbonyl (C=O) groups excluding carboxylic acids is 3. The van der Waals surface area contributed by atoms with Crippen molar-refractivity contribution in [3.63, 3.8) is 0 Å². The van der Waals surface area contributed by atoms with Crippen molar-refractivity contribution in [2.24, 2.45) is 0 Å². The predicted molar refractivity (Wildman–Crippen MR) is 124 cm³/mol. The number of furan rings is 1. The van der Waals surface area contributed by atoms with E-state index in [4.69, 9.17) is 16.0 Å². The van der Waals surface area contributed by atoms with E-state index in [1.807, 2.05) is 25.1 Å². The van der Waals surface area contributed by atoms with Crippen LogP contribution in [0.25, 0.3) is 6.08 Å². The summed E-state index contributed by atoms with van der Waals surface area (Å²) >= 11 is 5.81. The molecule has 0 spiro atoms. The molecule has 0 aliphatic rings. The van der Waals surface area contributed by atoms with Gasteiger partial charge in [-0.05, 0) is 55.5 Å². The Labute approximate surface area is 194 Å². The highest BCUT2D eigenvalue weighted by atomic mass is 35.5. The summed E-state index contributed by atoms with van der Waals surface area (Å²) in [7, 11) is 0. The lowest BCUT2D eigenvalue weighted by molar-refractivity contribution is -0.136. The van der Waals surface area contributed by atoms with E-state index in [1.54, 1.807) is 48.5 Å². The van der Waals surface area contributed by atoms with Crippen LogP contribution in [0.3, 0.4) is 0 Å². The maximum absolute atomic E-state index is 12.3. The van der Waals surface area contributed by atoms with Crippen molar-refractivity contribution in [1.82, 2.24) is 5.32 Å². The van der Waals surface area contributed by atoms with E-state index in [9.17, 15) is 19.6 Å². The first-order valence-corrected chi connectivity index (χ1v) is 10.1. The molecule has 0 aliphatic heterocycles. The number of aryl methyl sites for hydroxylation is 1. The number of nitrogens with one attached hydrogen (secondary N) is 3. The summed E-state index contributed by atoms with van der Waals surface area (Å²) in [5.41, 5.74) is 1.85. The summed E-state index contributed by atoms with van der Waals surface area (Å²) in [6.45, 7) is 1.86. The van der Waals surface area contributed by atoms with Gasteiger partial charge in [0, 0.05) is 22.5 Å². The van der Waals surface area contributed by atoms with Crippen molar-refractivity contribution in [3.8, 4) is 6.07 Å². The topological polar surface area (TPSA) is 124 Å². The average Bonchev–Trinajstić information content (AvgIpc) is 3.26. The van der Waals surface area contributed by atoms with Gasteiger partial charge in [-0.25, -0.2) is 0 Å². The molecule has 9 heteroatoms. The van der Waals surface area contributed by atoms with Crippen LogP contribution in [0.15, 0.2) is 70.7 Å². The Morgan fingerprint density at radius 3 is 2.15 bits per heavy atom. The molecule has 0 bridgehead atoms. The number of carbonyl (C=O) groups is 3. The minimum absolute atomic E-state index is 0.0488. The first-order valence-electron chi connectivity index (χ1n) is 9.77. The van der Waals surface area contributed by atoms with Gasteiger partial charge in [-0.15, -0.1) is 0 Å². The molecule has 3 aromatic rings. The fourth-order valence-corrected chi connectivity index (χ4v) is 2.79. The number of nitriles is 1. The predicted octanol–water partition coefficient (Wildman–Crippen LogP) is 4.04. The molecule has 0 saturated carbocycles. The minimum atomic E-state index is -0.830. The molecule has 3 rings (SSSR count). The second-order valence-electron chi connectivity index (χ2n) is 6.94. The zero-order valence-corrected chi connectivity index (χ0v) is 18.3. The second-order valence-corrected chi connectivity index (χ2v) is 7.37. The van der Waals surface area contributed by atoms with Gasteiger partial charge in [0.05, 0.1) is 6.54 Å². The number of benzene rings is 2. The minimum Gasteiger partial charge on any atom is -0.460 e. The molecule has 3 N–H and O–H groups in total. The van der Waals surface area contributed by atoms with Gasteiger partial charge >= 0.3 is 11.8 Å². The first-order chi connectivity index (χ1) is 15.8. The van der Waals surface area contributed by atoms with Gasteiger partial charge in [0.1, 0.15) is 23.2 Å². The van der Waals surface area contributed by atoms with Crippen LogP contribution >= 0.6 is 11.6 Å². The van der Waals surface area contributed by atoms with Crippen molar-refractivity contribution in [2.45, 2.75) is 13.5 Å². The molecule has 1 aromatic heterocycles. The van der Waals surface area contributed by atoms with Crippen molar-refractivity contribution < 1.29 is 18.8 Å². The molecule has 166 valence electrons. The Morgan fingerprint density at radius 2 is 1.52 bits per heavy atom. The molecule has 1 heterocycles. The van der Waals surface area contributed by atoms with Gasteiger partial charge in [-0.3, -0.25) is 14.4 Å². The third-order valence-electron chi connectivity index (χ3n) is 4.38. The van der Waals surface area contributed by atoms with Gasteiger partial charge in [-0.2, -0.15) is 5.26 Å². The molecule has 0 saturated heterocycles. The molecule has 0 fully saturated rings. The van der Waals surface area contributed by atoms with Crippen molar-refractivity contribution in [2.75, 3.05) is 10.6 Å². The van der Waals surface area contributed by atoms with E-state index < -0.39 is 17.7 Å². The van der Waals surface area contributed by atoms with E-state index in [0.29, 0.717) is 22.2 Å². The fourth-order valence-electron chi connectivity index (χ4n) is 2.66. The highest BCUT2D eigenvalue weighted by molar-refractivity contribution is 6.39. The molecule has 33 heavy (non-hydrogen) atoms. The third-order valence-corrected chi connectivity index (χ3v) is 4.63. The number of rotatable bonds is 6. The van der Waals surface area contributed by atoms with E-state index in [1.165, 1.54) is 6.08 Å². The summed E-state index contributed by atoms with van der Waals surface area (Å²) in [5, 5.41) is 17.4.